The van der Waals surface area contributed by atoms with Crippen LogP contribution in [-0.2, 0) is 9.47 Å². The summed E-state index contributed by atoms with van der Waals surface area (Å²) in [5.41, 5.74) is 1.89. The number of morpholine rings is 1. The van der Waals surface area contributed by atoms with Gasteiger partial charge in [-0.05, 0) is 31.2 Å². The smallest absolute Gasteiger partial charge is 0.159 e. The monoisotopic (exact) mass is 379 g/mol. The number of hydrogen-bond donors (Lipinski definition) is 0. The molecule has 2 heterocycles. The molecule has 0 N–H and O–H groups in total. The van der Waals surface area contributed by atoms with Crippen molar-refractivity contribution in [1.29, 1.82) is 0 Å². The molecule has 1 aromatic heterocycles. The molecule has 1 aliphatic heterocycles. The van der Waals surface area contributed by atoms with E-state index in [2.05, 4.69) is 34.2 Å². The van der Waals surface area contributed by atoms with Gasteiger partial charge in [-0.15, -0.1) is 10.2 Å². The predicted octanol–water partition coefficient (Wildman–Crippen LogP) is 3.55. The first-order chi connectivity index (χ1) is 13.7. The number of anilines is 1. The van der Waals surface area contributed by atoms with Crippen molar-refractivity contribution in [1.82, 2.24) is 10.2 Å². The molecule has 0 saturated carbocycles. The van der Waals surface area contributed by atoms with Gasteiger partial charge in [-0.25, -0.2) is 0 Å². The zero-order chi connectivity index (χ0) is 19.5. The minimum atomic E-state index is 0.0237. The highest BCUT2D eigenvalue weighted by Gasteiger charge is 2.27. The molecule has 0 bridgehead atoms. The summed E-state index contributed by atoms with van der Waals surface area (Å²) >= 11 is 0. The number of hydrogen-bond acceptors (Lipinski definition) is 6. The van der Waals surface area contributed by atoms with E-state index in [-0.39, 0.29) is 12.2 Å². The summed E-state index contributed by atoms with van der Waals surface area (Å²) in [4.78, 5) is 2.25. The Labute approximate surface area is 165 Å². The Kier molecular flexibility index (Phi) is 5.41. The lowest BCUT2D eigenvalue weighted by molar-refractivity contribution is -0.0512. The Morgan fingerprint density at radius 2 is 1.75 bits per heavy atom. The maximum absolute atomic E-state index is 5.98. The third-order valence-corrected chi connectivity index (χ3v) is 5.01. The van der Waals surface area contributed by atoms with E-state index in [1.54, 1.807) is 14.2 Å². The summed E-state index contributed by atoms with van der Waals surface area (Å²) in [6, 6.07) is 16.2. The van der Waals surface area contributed by atoms with E-state index in [1.165, 1.54) is 0 Å². The van der Waals surface area contributed by atoms with Crippen molar-refractivity contribution in [2.24, 2.45) is 0 Å². The first-order valence-electron chi connectivity index (χ1n) is 9.48. The van der Waals surface area contributed by atoms with Crippen LogP contribution >= 0.6 is 0 Å². The fourth-order valence-corrected chi connectivity index (χ4v) is 3.78. The number of fused-ring (bicyclic) bond motifs is 1. The average Bonchev–Trinajstić information content (AvgIpc) is 2.73. The lowest BCUT2D eigenvalue weighted by atomic mass is 10.0. The van der Waals surface area contributed by atoms with Crippen LogP contribution in [0, 0.1) is 0 Å². The quantitative estimate of drug-likeness (QED) is 0.676. The van der Waals surface area contributed by atoms with Gasteiger partial charge in [-0.2, -0.15) is 0 Å². The van der Waals surface area contributed by atoms with Crippen molar-refractivity contribution in [2.45, 2.75) is 19.1 Å². The van der Waals surface area contributed by atoms with Gasteiger partial charge in [0.25, 0.3) is 0 Å². The second kappa shape index (κ2) is 8.12. The van der Waals surface area contributed by atoms with E-state index >= 15 is 0 Å². The average molecular weight is 379 g/mol. The van der Waals surface area contributed by atoms with Crippen molar-refractivity contribution < 1.29 is 14.2 Å². The summed E-state index contributed by atoms with van der Waals surface area (Å²) in [5, 5.41) is 11.4. The van der Waals surface area contributed by atoms with E-state index < -0.39 is 0 Å². The summed E-state index contributed by atoms with van der Waals surface area (Å²) in [6.07, 6.45) is 0.131. The van der Waals surface area contributed by atoms with Crippen molar-refractivity contribution in [3.8, 4) is 17.0 Å². The standard InChI is InChI=1S/C22H25N3O3/c1-15-12-25(13-18(28-15)14-26-2)22-20-7-5-4-6-19(20)21(23-24-22)16-8-10-17(27-3)11-9-16/h4-11,15,18H,12-14H2,1-3H3. The number of nitrogens with zero attached hydrogens (tertiary/aromatic N) is 3. The van der Waals surface area contributed by atoms with Gasteiger partial charge >= 0.3 is 0 Å². The fourth-order valence-electron chi connectivity index (χ4n) is 3.78. The predicted molar refractivity (Wildman–Crippen MR) is 110 cm³/mol. The van der Waals surface area contributed by atoms with Gasteiger partial charge in [0, 0.05) is 36.5 Å². The van der Waals surface area contributed by atoms with E-state index in [0.717, 1.165) is 46.7 Å². The number of aromatic nitrogens is 2. The van der Waals surface area contributed by atoms with Crippen LogP contribution in [0.15, 0.2) is 48.5 Å². The molecule has 146 valence electrons. The van der Waals surface area contributed by atoms with Gasteiger partial charge in [0.1, 0.15) is 11.4 Å². The topological polar surface area (TPSA) is 56.7 Å². The molecule has 1 aliphatic rings. The Balaban J connectivity index is 1.75. The highest BCUT2D eigenvalue weighted by molar-refractivity contribution is 6.00. The van der Waals surface area contributed by atoms with Crippen LogP contribution in [0.25, 0.3) is 22.0 Å². The first-order valence-corrected chi connectivity index (χ1v) is 9.48. The molecule has 0 aliphatic carbocycles. The summed E-state index contributed by atoms with van der Waals surface area (Å²) < 4.78 is 16.5. The maximum atomic E-state index is 5.98. The summed E-state index contributed by atoms with van der Waals surface area (Å²) in [7, 11) is 3.37. The van der Waals surface area contributed by atoms with Crippen molar-refractivity contribution >= 4 is 16.6 Å². The van der Waals surface area contributed by atoms with Crippen LogP contribution in [0.5, 0.6) is 5.75 Å². The Bertz CT molecular complexity index is 945. The molecule has 6 nitrogen and oxygen atoms in total. The number of ether oxygens (including phenoxy) is 3. The highest BCUT2D eigenvalue weighted by atomic mass is 16.5. The van der Waals surface area contributed by atoms with Gasteiger partial charge in [0.2, 0.25) is 0 Å². The van der Waals surface area contributed by atoms with Crippen LogP contribution in [-0.4, -0.2) is 56.3 Å². The SMILES string of the molecule is COCC1CN(c2nnc(-c3ccc(OC)cc3)c3ccccc23)CC(C)O1. The van der Waals surface area contributed by atoms with Gasteiger partial charge in [-0.3, -0.25) is 0 Å². The van der Waals surface area contributed by atoms with E-state index in [0.29, 0.717) is 6.61 Å². The molecule has 0 spiro atoms. The van der Waals surface area contributed by atoms with Gasteiger partial charge < -0.3 is 19.1 Å². The first kappa shape index (κ1) is 18.7. The molecular formula is C22H25N3O3. The lowest BCUT2D eigenvalue weighted by Gasteiger charge is -2.37. The highest BCUT2D eigenvalue weighted by Crippen LogP contribution is 2.33. The zero-order valence-electron chi connectivity index (χ0n) is 16.5. The van der Waals surface area contributed by atoms with Crippen molar-refractivity contribution in [3.05, 3.63) is 48.5 Å². The van der Waals surface area contributed by atoms with Crippen molar-refractivity contribution in [3.63, 3.8) is 0 Å². The van der Waals surface area contributed by atoms with Crippen LogP contribution < -0.4 is 9.64 Å². The molecule has 28 heavy (non-hydrogen) atoms. The molecule has 3 aromatic rings. The molecule has 2 atom stereocenters. The zero-order valence-corrected chi connectivity index (χ0v) is 16.5. The second-order valence-corrected chi connectivity index (χ2v) is 7.08. The normalized spacial score (nSPS) is 19.8. The van der Waals surface area contributed by atoms with Crippen LogP contribution in [0.1, 0.15) is 6.92 Å². The van der Waals surface area contributed by atoms with Crippen LogP contribution in [0.2, 0.25) is 0 Å². The van der Waals surface area contributed by atoms with E-state index in [9.17, 15) is 0 Å². The molecule has 0 amide bonds. The van der Waals surface area contributed by atoms with Crippen LogP contribution in [0.3, 0.4) is 0 Å². The Hall–Kier alpha value is -2.70. The third kappa shape index (κ3) is 3.66. The van der Waals surface area contributed by atoms with Gasteiger partial charge in [0.15, 0.2) is 5.82 Å². The molecule has 1 fully saturated rings. The summed E-state index contributed by atoms with van der Waals surface area (Å²) in [6.45, 7) is 4.16. The Morgan fingerprint density at radius 1 is 1.00 bits per heavy atom. The number of benzene rings is 2. The molecule has 2 aromatic carbocycles. The Morgan fingerprint density at radius 3 is 2.46 bits per heavy atom. The second-order valence-electron chi connectivity index (χ2n) is 7.08. The lowest BCUT2D eigenvalue weighted by Crippen LogP contribution is -2.48. The summed E-state index contributed by atoms with van der Waals surface area (Å²) in [5.74, 6) is 1.72. The molecule has 1 saturated heterocycles. The number of rotatable bonds is 5. The van der Waals surface area contributed by atoms with E-state index in [4.69, 9.17) is 14.2 Å². The largest absolute Gasteiger partial charge is 0.497 e. The third-order valence-electron chi connectivity index (χ3n) is 5.01. The molecule has 4 rings (SSSR count). The minimum Gasteiger partial charge on any atom is -0.497 e. The van der Waals surface area contributed by atoms with Crippen LogP contribution in [0.4, 0.5) is 5.82 Å². The fraction of sp³-hybridized carbons (Fsp3) is 0.364. The van der Waals surface area contributed by atoms with E-state index in [1.807, 2.05) is 36.4 Å². The van der Waals surface area contributed by atoms with Crippen molar-refractivity contribution in [2.75, 3.05) is 38.8 Å². The van der Waals surface area contributed by atoms with Gasteiger partial charge in [0.05, 0.1) is 25.9 Å². The molecular weight excluding hydrogens is 354 g/mol. The molecule has 2 unspecified atom stereocenters. The maximum Gasteiger partial charge on any atom is 0.159 e. The van der Waals surface area contributed by atoms with Gasteiger partial charge in [-0.1, -0.05) is 24.3 Å². The molecule has 0 radical (unpaired) electrons. The number of methoxy groups -OCH3 is 2. The minimum absolute atomic E-state index is 0.0237. The molecule has 6 heteroatoms.